The Balaban J connectivity index is 1.28. The minimum Gasteiger partial charge on any atom is -0.361 e. The summed E-state index contributed by atoms with van der Waals surface area (Å²) in [4.78, 5) is 5.96. The summed E-state index contributed by atoms with van der Waals surface area (Å²) in [6.07, 6.45) is 8.23. The lowest BCUT2D eigenvalue weighted by Crippen LogP contribution is -2.35. The third kappa shape index (κ3) is 4.51. The van der Waals surface area contributed by atoms with Crippen molar-refractivity contribution < 1.29 is 0 Å². The van der Waals surface area contributed by atoms with Crippen LogP contribution in [0.2, 0.25) is 10.0 Å². The van der Waals surface area contributed by atoms with Gasteiger partial charge in [-0.2, -0.15) is 0 Å². The van der Waals surface area contributed by atoms with Crippen LogP contribution in [-0.4, -0.2) is 29.5 Å². The lowest BCUT2D eigenvalue weighted by atomic mass is 9.90. The second kappa shape index (κ2) is 8.68. The Bertz CT molecular complexity index is 888. The summed E-state index contributed by atoms with van der Waals surface area (Å²) >= 11 is 12.3. The maximum atomic E-state index is 6.19. The summed E-state index contributed by atoms with van der Waals surface area (Å²) in [6, 6.07) is 14.9. The Morgan fingerprint density at radius 1 is 1.04 bits per heavy atom. The monoisotopic (exact) mass is 400 g/mol. The molecule has 0 aliphatic carbocycles. The topological polar surface area (TPSA) is 19.0 Å². The van der Waals surface area contributed by atoms with Gasteiger partial charge in [-0.25, -0.2) is 0 Å². The highest BCUT2D eigenvalue weighted by atomic mass is 35.5. The van der Waals surface area contributed by atoms with Gasteiger partial charge in [-0.15, -0.1) is 0 Å². The number of unbranched alkanes of at least 4 members (excludes halogenated alkanes) is 1. The predicted octanol–water partition coefficient (Wildman–Crippen LogP) is 6.68. The zero-order valence-corrected chi connectivity index (χ0v) is 17.1. The molecule has 27 heavy (non-hydrogen) atoms. The summed E-state index contributed by atoms with van der Waals surface area (Å²) in [7, 11) is 0. The van der Waals surface area contributed by atoms with Gasteiger partial charge in [0.25, 0.3) is 0 Å². The molecule has 1 atom stereocenters. The van der Waals surface area contributed by atoms with Gasteiger partial charge in [0.2, 0.25) is 0 Å². The average Bonchev–Trinajstić information content (AvgIpc) is 3.08. The number of aryl methyl sites for hydroxylation is 1. The maximum Gasteiger partial charge on any atom is 0.0613 e. The molecule has 1 aliphatic rings. The number of nitrogens with zero attached hydrogens (tertiary/aromatic N) is 1. The zero-order valence-electron chi connectivity index (χ0n) is 15.6. The molecule has 0 bridgehead atoms. The SMILES string of the molecule is Clc1cc2[nH]cc(CCCCN3CCCC(c4ccccc4)C3)c2cc1Cl. The lowest BCUT2D eigenvalue weighted by Gasteiger charge is -2.33. The molecule has 0 radical (unpaired) electrons. The third-order valence-electron chi connectivity index (χ3n) is 5.76. The van der Waals surface area contributed by atoms with Crippen molar-refractivity contribution in [2.24, 2.45) is 0 Å². The normalized spacial score (nSPS) is 18.2. The molecule has 1 saturated heterocycles. The van der Waals surface area contributed by atoms with Crippen LogP contribution >= 0.6 is 23.2 Å². The summed E-state index contributed by atoms with van der Waals surface area (Å²) in [5, 5.41) is 2.44. The maximum absolute atomic E-state index is 6.19. The number of fused-ring (bicyclic) bond motifs is 1. The number of halogens is 2. The van der Waals surface area contributed by atoms with Crippen molar-refractivity contribution >= 4 is 34.1 Å². The first-order chi connectivity index (χ1) is 13.2. The average molecular weight is 401 g/mol. The van der Waals surface area contributed by atoms with Crippen molar-refractivity contribution in [3.63, 3.8) is 0 Å². The van der Waals surface area contributed by atoms with Crippen molar-refractivity contribution in [2.75, 3.05) is 19.6 Å². The second-order valence-electron chi connectivity index (χ2n) is 7.63. The quantitative estimate of drug-likeness (QED) is 0.457. The van der Waals surface area contributed by atoms with Crippen LogP contribution in [0.1, 0.15) is 42.7 Å². The Hall–Kier alpha value is -1.48. The van der Waals surface area contributed by atoms with Gasteiger partial charge >= 0.3 is 0 Å². The van der Waals surface area contributed by atoms with E-state index in [-0.39, 0.29) is 0 Å². The largest absolute Gasteiger partial charge is 0.361 e. The van der Waals surface area contributed by atoms with Gasteiger partial charge in [-0.3, -0.25) is 0 Å². The van der Waals surface area contributed by atoms with Crippen molar-refractivity contribution in [3.8, 4) is 0 Å². The van der Waals surface area contributed by atoms with E-state index in [0.29, 0.717) is 16.0 Å². The Morgan fingerprint density at radius 3 is 2.70 bits per heavy atom. The van der Waals surface area contributed by atoms with Crippen molar-refractivity contribution in [3.05, 3.63) is 69.8 Å². The molecule has 1 N–H and O–H groups in total. The Labute approximate surface area is 171 Å². The fraction of sp³-hybridized carbons (Fsp3) is 0.391. The molecule has 1 unspecified atom stereocenters. The smallest absolute Gasteiger partial charge is 0.0613 e. The summed E-state index contributed by atoms with van der Waals surface area (Å²) in [5.41, 5.74) is 3.90. The number of aromatic amines is 1. The first-order valence-electron chi connectivity index (χ1n) is 9.93. The van der Waals surface area contributed by atoms with Crippen LogP contribution in [0.15, 0.2) is 48.7 Å². The van der Waals surface area contributed by atoms with Gasteiger partial charge in [-0.05, 0) is 74.4 Å². The number of nitrogens with one attached hydrogen (secondary N) is 1. The molecule has 2 aromatic carbocycles. The lowest BCUT2D eigenvalue weighted by molar-refractivity contribution is 0.204. The molecule has 0 spiro atoms. The molecule has 1 aliphatic heterocycles. The van der Waals surface area contributed by atoms with E-state index in [0.717, 1.165) is 11.9 Å². The minimum absolute atomic E-state index is 0.607. The van der Waals surface area contributed by atoms with Crippen molar-refractivity contribution in [2.45, 2.75) is 38.0 Å². The summed E-state index contributed by atoms with van der Waals surface area (Å²) < 4.78 is 0. The van der Waals surface area contributed by atoms with E-state index in [1.807, 2.05) is 12.1 Å². The van der Waals surface area contributed by atoms with Crippen LogP contribution in [0.5, 0.6) is 0 Å². The zero-order chi connectivity index (χ0) is 18.6. The molecule has 2 nitrogen and oxygen atoms in total. The fourth-order valence-electron chi connectivity index (χ4n) is 4.29. The number of benzene rings is 2. The molecule has 142 valence electrons. The molecule has 4 heteroatoms. The van der Waals surface area contributed by atoms with Gasteiger partial charge in [0.05, 0.1) is 10.0 Å². The van der Waals surface area contributed by atoms with Gasteiger partial charge in [0, 0.05) is 23.6 Å². The number of H-pyrrole nitrogens is 1. The minimum atomic E-state index is 0.607. The molecular formula is C23H26Cl2N2. The highest BCUT2D eigenvalue weighted by molar-refractivity contribution is 6.42. The highest BCUT2D eigenvalue weighted by Crippen LogP contribution is 2.30. The van der Waals surface area contributed by atoms with E-state index in [9.17, 15) is 0 Å². The number of hydrogen-bond donors (Lipinski definition) is 1. The summed E-state index contributed by atoms with van der Waals surface area (Å²) in [6.45, 7) is 3.63. The number of aromatic nitrogens is 1. The number of hydrogen-bond acceptors (Lipinski definition) is 1. The molecule has 0 amide bonds. The molecule has 2 heterocycles. The van der Waals surface area contributed by atoms with E-state index < -0.39 is 0 Å². The van der Waals surface area contributed by atoms with Crippen LogP contribution < -0.4 is 0 Å². The van der Waals surface area contributed by atoms with E-state index >= 15 is 0 Å². The van der Waals surface area contributed by atoms with Gasteiger partial charge < -0.3 is 9.88 Å². The van der Waals surface area contributed by atoms with Crippen molar-refractivity contribution in [1.29, 1.82) is 0 Å². The van der Waals surface area contributed by atoms with Crippen LogP contribution in [0.4, 0.5) is 0 Å². The number of rotatable bonds is 6. The first-order valence-corrected chi connectivity index (χ1v) is 10.7. The van der Waals surface area contributed by atoms with Gasteiger partial charge in [0.1, 0.15) is 0 Å². The molecular weight excluding hydrogens is 375 g/mol. The van der Waals surface area contributed by atoms with E-state index in [1.165, 1.54) is 61.8 Å². The van der Waals surface area contributed by atoms with Crippen molar-refractivity contribution in [1.82, 2.24) is 9.88 Å². The Morgan fingerprint density at radius 2 is 1.85 bits per heavy atom. The Kier molecular flexibility index (Phi) is 6.07. The standard InChI is InChI=1S/C23H26Cl2N2/c24-21-13-20-18(15-26-23(20)14-22(21)25)9-4-5-11-27-12-6-10-19(16-27)17-7-2-1-3-8-17/h1-3,7-8,13-15,19,26H,4-6,9-12,16H2. The molecule has 1 aromatic heterocycles. The van der Waals surface area contributed by atoms with E-state index in [4.69, 9.17) is 23.2 Å². The van der Waals surface area contributed by atoms with Gasteiger partial charge in [-0.1, -0.05) is 53.5 Å². The molecule has 4 rings (SSSR count). The molecule has 3 aromatic rings. The van der Waals surface area contributed by atoms with Crippen LogP contribution in [0.3, 0.4) is 0 Å². The van der Waals surface area contributed by atoms with E-state index in [1.54, 1.807) is 0 Å². The summed E-state index contributed by atoms with van der Waals surface area (Å²) in [5.74, 6) is 0.695. The predicted molar refractivity (Wildman–Crippen MR) is 116 cm³/mol. The van der Waals surface area contributed by atoms with Crippen LogP contribution in [-0.2, 0) is 6.42 Å². The highest BCUT2D eigenvalue weighted by Gasteiger charge is 2.20. The van der Waals surface area contributed by atoms with Crippen LogP contribution in [0.25, 0.3) is 10.9 Å². The fourth-order valence-corrected chi connectivity index (χ4v) is 4.62. The number of piperidine rings is 1. The van der Waals surface area contributed by atoms with E-state index in [2.05, 4.69) is 46.4 Å². The third-order valence-corrected chi connectivity index (χ3v) is 6.48. The number of likely N-dealkylation sites (tertiary alicyclic amines) is 1. The molecule has 1 fully saturated rings. The second-order valence-corrected chi connectivity index (χ2v) is 8.45. The first kappa shape index (κ1) is 18.9. The van der Waals surface area contributed by atoms with Gasteiger partial charge in [0.15, 0.2) is 0 Å². The van der Waals surface area contributed by atoms with Crippen LogP contribution in [0, 0.1) is 0 Å². The molecule has 0 saturated carbocycles.